The lowest BCUT2D eigenvalue weighted by Gasteiger charge is -2.23. The van der Waals surface area contributed by atoms with Gasteiger partial charge in [0.2, 0.25) is 0 Å². The van der Waals surface area contributed by atoms with Crippen LogP contribution in [-0.2, 0) is 0 Å². The summed E-state index contributed by atoms with van der Waals surface area (Å²) >= 11 is 3.59. The van der Waals surface area contributed by atoms with E-state index in [1.54, 1.807) is 0 Å². The van der Waals surface area contributed by atoms with Gasteiger partial charge in [0.25, 0.3) is 0 Å². The lowest BCUT2D eigenvalue weighted by atomic mass is 10.1. The summed E-state index contributed by atoms with van der Waals surface area (Å²) in [5, 5.41) is 0. The van der Waals surface area contributed by atoms with Crippen LogP contribution in [0.1, 0.15) is 31.4 Å². The lowest BCUT2D eigenvalue weighted by Crippen LogP contribution is -2.26. The first-order chi connectivity index (χ1) is 8.61. The number of nitrogens with two attached hydrogens (primary N) is 1. The highest BCUT2D eigenvalue weighted by molar-refractivity contribution is 9.10. The zero-order valence-electron chi connectivity index (χ0n) is 10.7. The summed E-state index contributed by atoms with van der Waals surface area (Å²) in [5.41, 5.74) is 8.22. The molecule has 3 heteroatoms. The Hall–Kier alpha value is -0.980. The van der Waals surface area contributed by atoms with Crippen molar-refractivity contribution in [3.8, 4) is 12.3 Å². The molecule has 1 aromatic rings. The normalized spacial score (nSPS) is 16.1. The Morgan fingerprint density at radius 3 is 2.78 bits per heavy atom. The van der Waals surface area contributed by atoms with Crippen LogP contribution in [0.15, 0.2) is 22.7 Å². The van der Waals surface area contributed by atoms with Crippen molar-refractivity contribution < 1.29 is 0 Å². The van der Waals surface area contributed by atoms with Crippen molar-refractivity contribution in [3.63, 3.8) is 0 Å². The molecule has 0 saturated heterocycles. The van der Waals surface area contributed by atoms with Crippen molar-refractivity contribution in [2.75, 3.05) is 18.0 Å². The van der Waals surface area contributed by atoms with Gasteiger partial charge >= 0.3 is 0 Å². The lowest BCUT2D eigenvalue weighted by molar-refractivity contribution is 0.763. The monoisotopic (exact) mass is 306 g/mol. The number of anilines is 1. The van der Waals surface area contributed by atoms with Crippen molar-refractivity contribution in [2.45, 2.75) is 25.8 Å². The van der Waals surface area contributed by atoms with Crippen molar-refractivity contribution in [1.82, 2.24) is 0 Å². The quantitative estimate of drug-likeness (QED) is 0.846. The first-order valence-electron chi connectivity index (χ1n) is 6.35. The summed E-state index contributed by atoms with van der Waals surface area (Å²) in [6, 6.07) is 6.36. The number of rotatable bonds is 5. The Bertz CT molecular complexity index is 458. The Morgan fingerprint density at radius 1 is 1.56 bits per heavy atom. The fourth-order valence-electron chi connectivity index (χ4n) is 2.07. The molecular weight excluding hydrogens is 288 g/mol. The SMILES string of the molecule is C#CCN(CC1CC1)c1ccc(C(C)N)c(Br)c1. The van der Waals surface area contributed by atoms with Crippen LogP contribution < -0.4 is 10.6 Å². The second kappa shape index (κ2) is 5.77. The molecule has 0 amide bonds. The maximum atomic E-state index is 5.91. The summed E-state index contributed by atoms with van der Waals surface area (Å²) in [5.74, 6) is 3.57. The van der Waals surface area contributed by atoms with Crippen LogP contribution in [0.2, 0.25) is 0 Å². The van der Waals surface area contributed by atoms with Crippen LogP contribution in [0.5, 0.6) is 0 Å². The first-order valence-corrected chi connectivity index (χ1v) is 7.14. The molecule has 0 bridgehead atoms. The average molecular weight is 307 g/mol. The van der Waals surface area contributed by atoms with E-state index >= 15 is 0 Å². The fraction of sp³-hybridized carbons (Fsp3) is 0.467. The van der Waals surface area contributed by atoms with Gasteiger partial charge in [-0.25, -0.2) is 0 Å². The van der Waals surface area contributed by atoms with Crippen molar-refractivity contribution in [2.24, 2.45) is 11.7 Å². The van der Waals surface area contributed by atoms with E-state index in [0.717, 1.165) is 22.5 Å². The minimum atomic E-state index is 0.0398. The summed E-state index contributed by atoms with van der Waals surface area (Å²) in [7, 11) is 0. The number of hydrogen-bond acceptors (Lipinski definition) is 2. The maximum absolute atomic E-state index is 5.91. The Balaban J connectivity index is 2.19. The predicted octanol–water partition coefficient (Wildman–Crippen LogP) is 3.32. The van der Waals surface area contributed by atoms with E-state index in [1.807, 2.05) is 6.92 Å². The summed E-state index contributed by atoms with van der Waals surface area (Å²) in [6.07, 6.45) is 8.12. The predicted molar refractivity (Wildman–Crippen MR) is 80.5 cm³/mol. The van der Waals surface area contributed by atoms with Gasteiger partial charge in [-0.15, -0.1) is 6.42 Å². The minimum absolute atomic E-state index is 0.0398. The Morgan fingerprint density at radius 2 is 2.28 bits per heavy atom. The van der Waals surface area contributed by atoms with Gasteiger partial charge in [0.05, 0.1) is 6.54 Å². The third kappa shape index (κ3) is 3.28. The summed E-state index contributed by atoms with van der Waals surface area (Å²) in [6.45, 7) is 3.72. The molecule has 2 rings (SSSR count). The smallest absolute Gasteiger partial charge is 0.0791 e. The van der Waals surface area contributed by atoms with Gasteiger partial charge in [-0.3, -0.25) is 0 Å². The molecule has 0 aromatic heterocycles. The van der Waals surface area contributed by atoms with Crippen molar-refractivity contribution in [1.29, 1.82) is 0 Å². The van der Waals surface area contributed by atoms with Gasteiger partial charge in [-0.05, 0) is 43.4 Å². The van der Waals surface area contributed by atoms with Crippen LogP contribution in [0.4, 0.5) is 5.69 Å². The fourth-order valence-corrected chi connectivity index (χ4v) is 2.79. The molecule has 1 saturated carbocycles. The number of nitrogens with zero attached hydrogens (tertiary/aromatic N) is 1. The molecule has 1 fully saturated rings. The van der Waals surface area contributed by atoms with E-state index in [0.29, 0.717) is 6.54 Å². The van der Waals surface area contributed by atoms with Crippen LogP contribution in [-0.4, -0.2) is 13.1 Å². The molecule has 1 unspecified atom stereocenters. The minimum Gasteiger partial charge on any atom is -0.360 e. The molecule has 0 heterocycles. The van der Waals surface area contributed by atoms with Crippen LogP contribution >= 0.6 is 15.9 Å². The van der Waals surface area contributed by atoms with Crippen molar-refractivity contribution in [3.05, 3.63) is 28.2 Å². The second-order valence-electron chi connectivity index (χ2n) is 5.02. The molecule has 0 radical (unpaired) electrons. The molecule has 1 aromatic carbocycles. The van der Waals surface area contributed by atoms with E-state index in [2.05, 4.69) is 44.9 Å². The second-order valence-corrected chi connectivity index (χ2v) is 5.88. The van der Waals surface area contributed by atoms with E-state index in [-0.39, 0.29) is 6.04 Å². The average Bonchev–Trinajstić information content (AvgIpc) is 3.11. The summed E-state index contributed by atoms with van der Waals surface area (Å²) in [4.78, 5) is 2.27. The highest BCUT2D eigenvalue weighted by Gasteiger charge is 2.24. The molecule has 18 heavy (non-hydrogen) atoms. The van der Waals surface area contributed by atoms with E-state index in [1.165, 1.54) is 18.5 Å². The molecule has 1 aliphatic rings. The van der Waals surface area contributed by atoms with Crippen LogP contribution in [0.3, 0.4) is 0 Å². The van der Waals surface area contributed by atoms with Gasteiger partial charge < -0.3 is 10.6 Å². The molecule has 0 spiro atoms. The van der Waals surface area contributed by atoms with Crippen molar-refractivity contribution >= 4 is 21.6 Å². The van der Waals surface area contributed by atoms with Gasteiger partial charge in [0.1, 0.15) is 0 Å². The number of hydrogen-bond donors (Lipinski definition) is 1. The largest absolute Gasteiger partial charge is 0.360 e. The van der Waals surface area contributed by atoms with Crippen LogP contribution in [0.25, 0.3) is 0 Å². The molecule has 1 atom stereocenters. The van der Waals surface area contributed by atoms with Gasteiger partial charge in [0, 0.05) is 22.7 Å². The maximum Gasteiger partial charge on any atom is 0.0791 e. The molecule has 2 nitrogen and oxygen atoms in total. The first kappa shape index (κ1) is 13.5. The molecule has 1 aliphatic carbocycles. The Kier molecular flexibility index (Phi) is 4.31. The Labute approximate surface area is 118 Å². The highest BCUT2D eigenvalue weighted by Crippen LogP contribution is 2.33. The third-order valence-electron chi connectivity index (χ3n) is 3.30. The summed E-state index contributed by atoms with van der Waals surface area (Å²) < 4.78 is 1.06. The van der Waals surface area contributed by atoms with Crippen LogP contribution in [0, 0.1) is 18.3 Å². The van der Waals surface area contributed by atoms with Gasteiger partial charge in [0.15, 0.2) is 0 Å². The molecule has 96 valence electrons. The van der Waals surface area contributed by atoms with Gasteiger partial charge in [-0.1, -0.05) is 27.9 Å². The van der Waals surface area contributed by atoms with E-state index < -0.39 is 0 Å². The molecule has 2 N–H and O–H groups in total. The number of halogens is 1. The third-order valence-corrected chi connectivity index (χ3v) is 3.98. The van der Waals surface area contributed by atoms with E-state index in [9.17, 15) is 0 Å². The van der Waals surface area contributed by atoms with Gasteiger partial charge in [-0.2, -0.15) is 0 Å². The standard InChI is InChI=1S/C15H19BrN2/c1-3-8-18(10-12-4-5-12)13-6-7-14(11(2)17)15(16)9-13/h1,6-7,9,11-12H,4-5,8,10,17H2,2H3. The number of benzene rings is 1. The van der Waals surface area contributed by atoms with E-state index in [4.69, 9.17) is 12.2 Å². The highest BCUT2D eigenvalue weighted by atomic mass is 79.9. The topological polar surface area (TPSA) is 29.3 Å². The zero-order valence-corrected chi connectivity index (χ0v) is 12.3. The molecule has 0 aliphatic heterocycles. The zero-order chi connectivity index (χ0) is 13.1. The molecular formula is C15H19BrN2. The number of terminal acetylenes is 1.